The van der Waals surface area contributed by atoms with E-state index in [4.69, 9.17) is 0 Å². The third-order valence-electron chi connectivity index (χ3n) is 4.53. The molecule has 1 aliphatic carbocycles. The zero-order valence-electron chi connectivity index (χ0n) is 12.9. The number of allylic oxidation sites excluding steroid dienone is 2. The normalized spacial score (nSPS) is 22.6. The molecule has 0 aromatic heterocycles. The number of benzene rings is 1. The lowest BCUT2D eigenvalue weighted by atomic mass is 9.86. The number of likely N-dealkylation sites (tertiary alicyclic amines) is 1. The van der Waals surface area contributed by atoms with Crippen molar-refractivity contribution in [1.82, 2.24) is 4.90 Å². The van der Waals surface area contributed by atoms with Crippen LogP contribution in [-0.4, -0.2) is 37.1 Å². The second-order valence-electron chi connectivity index (χ2n) is 5.98. The summed E-state index contributed by atoms with van der Waals surface area (Å²) in [5.74, 6) is -0.404. The third-order valence-corrected chi connectivity index (χ3v) is 4.53. The molecule has 0 saturated carbocycles. The minimum absolute atomic E-state index is 0.190. The van der Waals surface area contributed by atoms with E-state index >= 15 is 0 Å². The largest absolute Gasteiger partial charge is 0.465 e. The van der Waals surface area contributed by atoms with Crippen LogP contribution < -0.4 is 5.32 Å². The number of nitrogens with one attached hydrogen (secondary N) is 1. The van der Waals surface area contributed by atoms with Crippen molar-refractivity contribution in [2.24, 2.45) is 11.8 Å². The number of amides is 2. The van der Waals surface area contributed by atoms with Crippen molar-refractivity contribution < 1.29 is 18.7 Å². The highest BCUT2D eigenvalue weighted by Crippen LogP contribution is 2.33. The van der Waals surface area contributed by atoms with Crippen LogP contribution in [0.2, 0.25) is 0 Å². The molecule has 1 saturated heterocycles. The number of hydrogen-bond donors (Lipinski definition) is 1. The van der Waals surface area contributed by atoms with Crippen molar-refractivity contribution in [1.29, 1.82) is 0 Å². The second-order valence-corrected chi connectivity index (χ2v) is 5.98. The molecule has 1 N–H and O–H groups in total. The maximum Gasteiger partial charge on any atom is 0.340 e. The fourth-order valence-corrected chi connectivity index (χ4v) is 3.25. The first-order chi connectivity index (χ1) is 11.1. The maximum absolute atomic E-state index is 13.6. The lowest BCUT2D eigenvalue weighted by Gasteiger charge is -2.17. The number of carbonyl (C=O) groups excluding carboxylic acids is 2. The second kappa shape index (κ2) is 6.40. The van der Waals surface area contributed by atoms with Crippen molar-refractivity contribution in [3.63, 3.8) is 0 Å². The fraction of sp³-hybridized carbons (Fsp3) is 0.412. The summed E-state index contributed by atoms with van der Waals surface area (Å²) in [6.07, 6.45) is 6.37. The van der Waals surface area contributed by atoms with Crippen LogP contribution in [0.1, 0.15) is 23.2 Å². The minimum atomic E-state index is -0.767. The van der Waals surface area contributed by atoms with E-state index in [1.165, 1.54) is 19.2 Å². The monoisotopic (exact) mass is 318 g/mol. The quantitative estimate of drug-likeness (QED) is 0.673. The van der Waals surface area contributed by atoms with Crippen LogP contribution in [0.15, 0.2) is 30.4 Å². The van der Waals surface area contributed by atoms with E-state index in [1.54, 1.807) is 4.90 Å². The molecule has 23 heavy (non-hydrogen) atoms. The van der Waals surface area contributed by atoms with E-state index in [2.05, 4.69) is 22.2 Å². The molecule has 0 unspecified atom stereocenters. The van der Waals surface area contributed by atoms with Gasteiger partial charge in [0, 0.05) is 18.8 Å². The van der Waals surface area contributed by atoms with Crippen LogP contribution in [0, 0.1) is 17.7 Å². The first kappa shape index (κ1) is 15.5. The van der Waals surface area contributed by atoms with E-state index in [9.17, 15) is 14.0 Å². The Morgan fingerprint density at radius 2 is 1.87 bits per heavy atom. The number of hydrogen-bond acceptors (Lipinski definition) is 3. The van der Waals surface area contributed by atoms with Crippen molar-refractivity contribution in [3.05, 3.63) is 41.7 Å². The lowest BCUT2D eigenvalue weighted by molar-refractivity contribution is 0.0595. The molecule has 1 aromatic rings. The van der Waals surface area contributed by atoms with Gasteiger partial charge in [0.2, 0.25) is 0 Å². The summed E-state index contributed by atoms with van der Waals surface area (Å²) in [6.45, 7) is 1.46. The Balaban J connectivity index is 1.68. The number of halogens is 1. The molecule has 1 aliphatic heterocycles. The number of ether oxygens (including phenoxy) is 1. The van der Waals surface area contributed by atoms with E-state index < -0.39 is 11.8 Å². The molecule has 1 aromatic carbocycles. The zero-order valence-corrected chi connectivity index (χ0v) is 12.9. The molecule has 3 rings (SSSR count). The lowest BCUT2D eigenvalue weighted by Crippen LogP contribution is -2.33. The van der Waals surface area contributed by atoms with Gasteiger partial charge in [-0.1, -0.05) is 12.2 Å². The number of esters is 1. The number of fused-ring (bicyclic) bond motifs is 1. The van der Waals surface area contributed by atoms with Crippen LogP contribution in [0.5, 0.6) is 0 Å². The molecular weight excluding hydrogens is 299 g/mol. The summed E-state index contributed by atoms with van der Waals surface area (Å²) < 4.78 is 18.1. The molecule has 2 aliphatic rings. The minimum Gasteiger partial charge on any atom is -0.465 e. The standard InChI is InChI=1S/C17H19FN2O3/c1-23-16(21)14-8-13(6-7-15(14)18)19-17(22)20-9-11-4-2-3-5-12(11)10-20/h2-3,6-8,11-12H,4-5,9-10H2,1H3,(H,19,22)/t11-,12-/m0/s1. The zero-order chi connectivity index (χ0) is 16.4. The summed E-state index contributed by atoms with van der Waals surface area (Å²) in [5.41, 5.74) is 0.189. The summed E-state index contributed by atoms with van der Waals surface area (Å²) in [4.78, 5) is 25.7. The number of carbonyl (C=O) groups is 2. The number of anilines is 1. The number of rotatable bonds is 2. The van der Waals surface area contributed by atoms with Gasteiger partial charge in [0.05, 0.1) is 12.7 Å². The van der Waals surface area contributed by atoms with Gasteiger partial charge < -0.3 is 15.0 Å². The smallest absolute Gasteiger partial charge is 0.340 e. The van der Waals surface area contributed by atoms with Gasteiger partial charge >= 0.3 is 12.0 Å². The van der Waals surface area contributed by atoms with Gasteiger partial charge in [-0.2, -0.15) is 0 Å². The molecule has 1 heterocycles. The molecular formula is C17H19FN2O3. The maximum atomic E-state index is 13.6. The van der Waals surface area contributed by atoms with E-state index in [-0.39, 0.29) is 11.6 Å². The molecule has 2 amide bonds. The number of nitrogens with zero attached hydrogens (tertiary/aromatic N) is 1. The first-order valence-corrected chi connectivity index (χ1v) is 7.67. The molecule has 122 valence electrons. The predicted molar refractivity (Wildman–Crippen MR) is 83.7 cm³/mol. The molecule has 0 radical (unpaired) electrons. The Morgan fingerprint density at radius 1 is 1.22 bits per heavy atom. The van der Waals surface area contributed by atoms with Gasteiger partial charge in [-0.3, -0.25) is 0 Å². The Morgan fingerprint density at radius 3 is 2.48 bits per heavy atom. The van der Waals surface area contributed by atoms with Crippen LogP contribution >= 0.6 is 0 Å². The fourth-order valence-electron chi connectivity index (χ4n) is 3.25. The molecule has 1 fully saturated rings. The van der Waals surface area contributed by atoms with Crippen LogP contribution in [-0.2, 0) is 4.74 Å². The summed E-state index contributed by atoms with van der Waals surface area (Å²) >= 11 is 0. The summed E-state index contributed by atoms with van der Waals surface area (Å²) in [6, 6.07) is 3.66. The van der Waals surface area contributed by atoms with Crippen LogP contribution in [0.4, 0.5) is 14.9 Å². The van der Waals surface area contributed by atoms with Crippen molar-refractivity contribution in [2.45, 2.75) is 12.8 Å². The Bertz CT molecular complexity index is 643. The number of urea groups is 1. The first-order valence-electron chi connectivity index (χ1n) is 7.67. The molecule has 5 nitrogen and oxygen atoms in total. The Kier molecular flexibility index (Phi) is 4.32. The topological polar surface area (TPSA) is 58.6 Å². The van der Waals surface area contributed by atoms with E-state index in [1.807, 2.05) is 0 Å². The van der Waals surface area contributed by atoms with Gasteiger partial charge in [0.25, 0.3) is 0 Å². The van der Waals surface area contributed by atoms with Crippen molar-refractivity contribution in [2.75, 3.05) is 25.5 Å². The summed E-state index contributed by atoms with van der Waals surface area (Å²) in [7, 11) is 1.19. The summed E-state index contributed by atoms with van der Waals surface area (Å²) in [5, 5.41) is 2.73. The molecule has 0 spiro atoms. The SMILES string of the molecule is COC(=O)c1cc(NC(=O)N2C[C@@H]3CC=CC[C@H]3C2)ccc1F. The van der Waals surface area contributed by atoms with Gasteiger partial charge in [0.15, 0.2) is 0 Å². The Hall–Kier alpha value is -2.37. The highest BCUT2D eigenvalue weighted by Gasteiger charge is 2.35. The van der Waals surface area contributed by atoms with Crippen molar-refractivity contribution >= 4 is 17.7 Å². The predicted octanol–water partition coefficient (Wildman–Crippen LogP) is 3.04. The highest BCUT2D eigenvalue weighted by atomic mass is 19.1. The molecule has 6 heteroatoms. The van der Waals surface area contributed by atoms with Crippen LogP contribution in [0.3, 0.4) is 0 Å². The van der Waals surface area contributed by atoms with E-state index in [0.29, 0.717) is 17.5 Å². The third kappa shape index (κ3) is 3.21. The average Bonchev–Trinajstić information content (AvgIpc) is 3.00. The van der Waals surface area contributed by atoms with Gasteiger partial charge in [-0.05, 0) is 42.9 Å². The van der Waals surface area contributed by atoms with Gasteiger partial charge in [-0.25, -0.2) is 14.0 Å². The van der Waals surface area contributed by atoms with Crippen LogP contribution in [0.25, 0.3) is 0 Å². The van der Waals surface area contributed by atoms with Gasteiger partial charge in [-0.15, -0.1) is 0 Å². The van der Waals surface area contributed by atoms with Crippen molar-refractivity contribution in [3.8, 4) is 0 Å². The molecule has 2 atom stereocenters. The highest BCUT2D eigenvalue weighted by molar-refractivity contribution is 5.94. The van der Waals surface area contributed by atoms with Gasteiger partial charge in [0.1, 0.15) is 5.82 Å². The molecule has 0 bridgehead atoms. The van der Waals surface area contributed by atoms with E-state index in [0.717, 1.165) is 32.0 Å². The Labute approximate surface area is 134 Å². The number of methoxy groups -OCH3 is 1. The average molecular weight is 318 g/mol.